The highest BCUT2D eigenvalue weighted by molar-refractivity contribution is 7.13. The first-order chi connectivity index (χ1) is 10.2. The third-order valence-corrected chi connectivity index (χ3v) is 4.17. The van der Waals surface area contributed by atoms with E-state index in [4.69, 9.17) is 11.6 Å². The van der Waals surface area contributed by atoms with Gasteiger partial charge in [-0.05, 0) is 41.3 Å². The normalized spacial score (nSPS) is 10.6. The van der Waals surface area contributed by atoms with E-state index in [1.807, 2.05) is 29.6 Å². The standard InChI is InChI=1S/C16H12ClFN2S/c17-16-6-4-12(10-20-16)19-9-11-3-5-14(18)13(8-11)15-2-1-7-21-15/h1-8,10,19H,9H2. The maximum Gasteiger partial charge on any atom is 0.131 e. The first kappa shape index (κ1) is 14.0. The number of hydrogen-bond acceptors (Lipinski definition) is 3. The van der Waals surface area contributed by atoms with E-state index in [9.17, 15) is 4.39 Å². The summed E-state index contributed by atoms with van der Waals surface area (Å²) in [5.41, 5.74) is 2.52. The molecule has 5 heteroatoms. The Morgan fingerprint density at radius 1 is 1.19 bits per heavy atom. The van der Waals surface area contributed by atoms with Crippen LogP contribution in [0, 0.1) is 5.82 Å². The van der Waals surface area contributed by atoms with Gasteiger partial charge in [-0.3, -0.25) is 0 Å². The molecule has 106 valence electrons. The van der Waals surface area contributed by atoms with Crippen molar-refractivity contribution in [1.29, 1.82) is 0 Å². The van der Waals surface area contributed by atoms with Crippen molar-refractivity contribution in [2.45, 2.75) is 6.54 Å². The molecule has 1 N–H and O–H groups in total. The molecule has 0 aliphatic rings. The van der Waals surface area contributed by atoms with Gasteiger partial charge >= 0.3 is 0 Å². The molecule has 0 amide bonds. The summed E-state index contributed by atoms with van der Waals surface area (Å²) < 4.78 is 13.9. The number of halogens is 2. The van der Waals surface area contributed by atoms with Crippen molar-refractivity contribution in [2.24, 2.45) is 0 Å². The zero-order valence-corrected chi connectivity index (χ0v) is 12.6. The van der Waals surface area contributed by atoms with Crippen molar-refractivity contribution in [1.82, 2.24) is 4.98 Å². The molecule has 1 aromatic carbocycles. The summed E-state index contributed by atoms with van der Waals surface area (Å²) in [5, 5.41) is 5.64. The number of nitrogens with zero attached hydrogens (tertiary/aromatic N) is 1. The number of rotatable bonds is 4. The lowest BCUT2D eigenvalue weighted by Gasteiger charge is -2.08. The van der Waals surface area contributed by atoms with Gasteiger partial charge in [0, 0.05) is 17.0 Å². The molecule has 0 saturated carbocycles. The molecule has 0 bridgehead atoms. The van der Waals surface area contributed by atoms with E-state index in [0.717, 1.165) is 16.1 Å². The Hall–Kier alpha value is -1.91. The monoisotopic (exact) mass is 318 g/mol. The topological polar surface area (TPSA) is 24.9 Å². The largest absolute Gasteiger partial charge is 0.380 e. The van der Waals surface area contributed by atoms with Gasteiger partial charge in [0.15, 0.2) is 0 Å². The fourth-order valence-electron chi connectivity index (χ4n) is 1.99. The van der Waals surface area contributed by atoms with Crippen molar-refractivity contribution in [3.05, 3.63) is 70.6 Å². The van der Waals surface area contributed by atoms with Crippen LogP contribution < -0.4 is 5.32 Å². The highest BCUT2D eigenvalue weighted by Crippen LogP contribution is 2.28. The Labute approximate surface area is 131 Å². The number of thiophene rings is 1. The van der Waals surface area contributed by atoms with Crippen LogP contribution in [0.5, 0.6) is 0 Å². The molecular weight excluding hydrogens is 307 g/mol. The van der Waals surface area contributed by atoms with E-state index in [1.54, 1.807) is 18.3 Å². The second kappa shape index (κ2) is 6.24. The van der Waals surface area contributed by atoms with Crippen LogP contribution in [0.15, 0.2) is 54.0 Å². The van der Waals surface area contributed by atoms with E-state index in [1.165, 1.54) is 17.4 Å². The smallest absolute Gasteiger partial charge is 0.131 e. The molecular formula is C16H12ClFN2S. The fourth-order valence-corrected chi connectivity index (χ4v) is 2.84. The van der Waals surface area contributed by atoms with E-state index in [2.05, 4.69) is 10.3 Å². The van der Waals surface area contributed by atoms with Crippen LogP contribution in [-0.4, -0.2) is 4.98 Å². The quantitative estimate of drug-likeness (QED) is 0.667. The van der Waals surface area contributed by atoms with Crippen LogP contribution in [0.1, 0.15) is 5.56 Å². The third kappa shape index (κ3) is 3.40. The summed E-state index contributed by atoms with van der Waals surface area (Å²) >= 11 is 7.27. The zero-order valence-electron chi connectivity index (χ0n) is 11.0. The molecule has 3 aromatic rings. The first-order valence-electron chi connectivity index (χ1n) is 6.40. The van der Waals surface area contributed by atoms with E-state index in [-0.39, 0.29) is 5.82 Å². The lowest BCUT2D eigenvalue weighted by atomic mass is 10.1. The number of anilines is 1. The summed E-state index contributed by atoms with van der Waals surface area (Å²) in [6.07, 6.45) is 1.67. The first-order valence-corrected chi connectivity index (χ1v) is 7.66. The van der Waals surface area contributed by atoms with Crippen LogP contribution in [0.4, 0.5) is 10.1 Å². The van der Waals surface area contributed by atoms with Gasteiger partial charge in [-0.2, -0.15) is 0 Å². The van der Waals surface area contributed by atoms with E-state index < -0.39 is 0 Å². The Morgan fingerprint density at radius 3 is 2.81 bits per heavy atom. The SMILES string of the molecule is Fc1ccc(CNc2ccc(Cl)nc2)cc1-c1cccs1. The van der Waals surface area contributed by atoms with Crippen molar-refractivity contribution in [2.75, 3.05) is 5.32 Å². The van der Waals surface area contributed by atoms with Gasteiger partial charge < -0.3 is 5.32 Å². The number of aromatic nitrogens is 1. The van der Waals surface area contributed by atoms with Gasteiger partial charge in [0.1, 0.15) is 11.0 Å². The molecule has 3 rings (SSSR count). The average molecular weight is 319 g/mol. The van der Waals surface area contributed by atoms with Crippen LogP contribution in [0.2, 0.25) is 5.15 Å². The molecule has 2 aromatic heterocycles. The Balaban J connectivity index is 1.77. The zero-order chi connectivity index (χ0) is 14.7. The van der Waals surface area contributed by atoms with Gasteiger partial charge in [-0.25, -0.2) is 9.37 Å². The van der Waals surface area contributed by atoms with Gasteiger partial charge in [-0.1, -0.05) is 23.7 Å². The molecule has 0 aliphatic heterocycles. The maximum absolute atomic E-state index is 13.9. The van der Waals surface area contributed by atoms with Crippen LogP contribution >= 0.6 is 22.9 Å². The van der Waals surface area contributed by atoms with Gasteiger partial charge in [-0.15, -0.1) is 11.3 Å². The summed E-state index contributed by atoms with van der Waals surface area (Å²) in [7, 11) is 0. The minimum absolute atomic E-state index is 0.200. The Bertz CT molecular complexity index is 727. The molecule has 0 atom stereocenters. The molecule has 0 radical (unpaired) electrons. The molecule has 0 spiro atoms. The van der Waals surface area contributed by atoms with Crippen molar-refractivity contribution < 1.29 is 4.39 Å². The molecule has 0 fully saturated rings. The molecule has 0 aliphatic carbocycles. The molecule has 0 saturated heterocycles. The van der Waals surface area contributed by atoms with Crippen molar-refractivity contribution >= 4 is 28.6 Å². The number of pyridine rings is 1. The van der Waals surface area contributed by atoms with Gasteiger partial charge in [0.05, 0.1) is 11.9 Å². The van der Waals surface area contributed by atoms with E-state index >= 15 is 0 Å². The summed E-state index contributed by atoms with van der Waals surface area (Å²) in [4.78, 5) is 4.94. The Morgan fingerprint density at radius 2 is 2.10 bits per heavy atom. The minimum atomic E-state index is -0.200. The van der Waals surface area contributed by atoms with Crippen LogP contribution in [-0.2, 0) is 6.54 Å². The van der Waals surface area contributed by atoms with Crippen molar-refractivity contribution in [3.8, 4) is 10.4 Å². The summed E-state index contributed by atoms with van der Waals surface area (Å²) in [5.74, 6) is -0.200. The Kier molecular flexibility index (Phi) is 4.18. The van der Waals surface area contributed by atoms with Crippen LogP contribution in [0.25, 0.3) is 10.4 Å². The number of hydrogen-bond donors (Lipinski definition) is 1. The summed E-state index contributed by atoms with van der Waals surface area (Å²) in [6.45, 7) is 0.599. The minimum Gasteiger partial charge on any atom is -0.380 e. The average Bonchev–Trinajstić information content (AvgIpc) is 3.02. The highest BCUT2D eigenvalue weighted by Gasteiger charge is 2.07. The highest BCUT2D eigenvalue weighted by atomic mass is 35.5. The van der Waals surface area contributed by atoms with Gasteiger partial charge in [0.2, 0.25) is 0 Å². The predicted octanol–water partition coefficient (Wildman–Crippen LogP) is 5.21. The second-order valence-corrected chi connectivity index (χ2v) is 5.85. The fraction of sp³-hybridized carbons (Fsp3) is 0.0625. The number of nitrogens with one attached hydrogen (secondary N) is 1. The van der Waals surface area contributed by atoms with E-state index in [0.29, 0.717) is 17.3 Å². The molecule has 0 unspecified atom stereocenters. The van der Waals surface area contributed by atoms with Gasteiger partial charge in [0.25, 0.3) is 0 Å². The van der Waals surface area contributed by atoms with Crippen LogP contribution in [0.3, 0.4) is 0 Å². The third-order valence-electron chi connectivity index (χ3n) is 3.04. The lowest BCUT2D eigenvalue weighted by molar-refractivity contribution is 0.631. The molecule has 2 nitrogen and oxygen atoms in total. The molecule has 21 heavy (non-hydrogen) atoms. The number of benzene rings is 1. The maximum atomic E-state index is 13.9. The van der Waals surface area contributed by atoms with Crippen molar-refractivity contribution in [3.63, 3.8) is 0 Å². The second-order valence-electron chi connectivity index (χ2n) is 4.51. The lowest BCUT2D eigenvalue weighted by Crippen LogP contribution is -2.00. The predicted molar refractivity (Wildman–Crippen MR) is 86.3 cm³/mol. The summed E-state index contributed by atoms with van der Waals surface area (Å²) in [6, 6.07) is 12.6. The molecule has 2 heterocycles.